The summed E-state index contributed by atoms with van der Waals surface area (Å²) < 4.78 is 0. The molecule has 0 unspecified atom stereocenters. The minimum Gasteiger partial charge on any atom is -0.394 e. The largest absolute Gasteiger partial charge is 0.394 e. The van der Waals surface area contributed by atoms with Crippen molar-refractivity contribution in [2.75, 3.05) is 11.5 Å². The van der Waals surface area contributed by atoms with Crippen molar-refractivity contribution in [3.8, 4) is 27.6 Å². The molecule has 0 bridgehead atoms. The minimum absolute atomic E-state index is 0.0799. The molecule has 4 rings (SSSR count). The van der Waals surface area contributed by atoms with Crippen LogP contribution in [0.25, 0.3) is 31.8 Å². The van der Waals surface area contributed by atoms with E-state index in [1.54, 1.807) is 24.3 Å². The van der Waals surface area contributed by atoms with E-state index in [1.165, 1.54) is 11.3 Å². The fourth-order valence-corrected chi connectivity index (χ4v) is 4.29. The fraction of sp³-hybridized carbons (Fsp3) is 0. The van der Waals surface area contributed by atoms with Gasteiger partial charge in [-0.1, -0.05) is 54.1 Å². The summed E-state index contributed by atoms with van der Waals surface area (Å²) in [6.45, 7) is 0. The number of hydrogen-bond acceptors (Lipinski definition) is 6. The Hall–Kier alpha value is -3.40. The van der Waals surface area contributed by atoms with Gasteiger partial charge in [0.05, 0.1) is 16.0 Å². The first-order chi connectivity index (χ1) is 13.5. The number of pyridine rings is 1. The molecule has 0 aliphatic rings. The van der Waals surface area contributed by atoms with Crippen LogP contribution >= 0.6 is 22.9 Å². The molecule has 5 nitrogen and oxygen atoms in total. The lowest BCUT2D eigenvalue weighted by atomic mass is 9.97. The van der Waals surface area contributed by atoms with Crippen LogP contribution in [0.15, 0.2) is 59.4 Å². The van der Waals surface area contributed by atoms with Gasteiger partial charge < -0.3 is 11.5 Å². The molecule has 4 N–H and O–H groups in total. The second kappa shape index (κ2) is 6.97. The molecule has 2 aromatic heterocycles. The third-order valence-electron chi connectivity index (χ3n) is 4.39. The summed E-state index contributed by atoms with van der Waals surface area (Å²) in [5, 5.41) is 10.5. The topological polar surface area (TPSA) is 106 Å². The van der Waals surface area contributed by atoms with Crippen LogP contribution in [0.5, 0.6) is 0 Å². The van der Waals surface area contributed by atoms with Gasteiger partial charge in [0.2, 0.25) is 5.43 Å². The van der Waals surface area contributed by atoms with E-state index in [9.17, 15) is 10.1 Å². The van der Waals surface area contributed by atoms with Gasteiger partial charge in [-0.25, -0.2) is 4.98 Å². The number of benzene rings is 2. The highest BCUT2D eigenvalue weighted by molar-refractivity contribution is 7.21. The maximum atomic E-state index is 13.2. The fourth-order valence-electron chi connectivity index (χ4n) is 3.08. The molecule has 0 atom stereocenters. The second-order valence-electron chi connectivity index (χ2n) is 6.09. The molecule has 0 saturated carbocycles. The standard InChI is InChI=1S/C21H13ClN4OS/c22-13-8-6-12(7-9-13)19-17(24)18(27)16-15(11-4-2-1-3-5-11)14(10-23)20(25)26-21(16)28-19/h1-9H,24H2,(H2,25,26). The second-order valence-corrected chi connectivity index (χ2v) is 7.52. The van der Waals surface area contributed by atoms with Gasteiger partial charge in [-0.15, -0.1) is 11.3 Å². The van der Waals surface area contributed by atoms with Crippen molar-refractivity contribution in [1.82, 2.24) is 4.98 Å². The number of rotatable bonds is 2. The van der Waals surface area contributed by atoms with Gasteiger partial charge >= 0.3 is 0 Å². The quantitative estimate of drug-likeness (QED) is 0.504. The number of nitrogen functional groups attached to an aromatic ring is 2. The van der Waals surface area contributed by atoms with Crippen molar-refractivity contribution < 1.29 is 0 Å². The lowest BCUT2D eigenvalue weighted by Gasteiger charge is -2.13. The maximum Gasteiger partial charge on any atom is 0.213 e. The maximum absolute atomic E-state index is 13.2. The Bertz CT molecular complexity index is 1310. The van der Waals surface area contributed by atoms with E-state index in [0.29, 0.717) is 31.2 Å². The number of anilines is 2. The predicted octanol–water partition coefficient (Wildman–Crippen LogP) is 4.68. The molecule has 2 heterocycles. The summed E-state index contributed by atoms with van der Waals surface area (Å²) in [6, 6.07) is 18.3. The Morgan fingerprint density at radius 3 is 2.32 bits per heavy atom. The summed E-state index contributed by atoms with van der Waals surface area (Å²) in [7, 11) is 0. The molecule has 0 saturated heterocycles. The SMILES string of the molecule is N#Cc1c(N)nc2sc(-c3ccc(Cl)cc3)c(N)c(=O)c2c1-c1ccccc1. The summed E-state index contributed by atoms with van der Waals surface area (Å²) >= 11 is 7.22. The molecule has 0 radical (unpaired) electrons. The van der Waals surface area contributed by atoms with Crippen molar-refractivity contribution in [3.63, 3.8) is 0 Å². The van der Waals surface area contributed by atoms with Gasteiger partial charge in [0.1, 0.15) is 22.3 Å². The van der Waals surface area contributed by atoms with Gasteiger partial charge in [0, 0.05) is 10.6 Å². The predicted molar refractivity (Wildman–Crippen MR) is 115 cm³/mol. The number of fused-ring (bicyclic) bond motifs is 1. The number of aromatic nitrogens is 1. The van der Waals surface area contributed by atoms with Crippen LogP contribution in [0, 0.1) is 11.3 Å². The molecule has 0 fully saturated rings. The Labute approximate surface area is 169 Å². The van der Waals surface area contributed by atoms with E-state index >= 15 is 0 Å². The van der Waals surface area contributed by atoms with Gasteiger partial charge in [-0.2, -0.15) is 5.26 Å². The molecule has 7 heteroatoms. The van der Waals surface area contributed by atoms with Crippen LogP contribution in [0.4, 0.5) is 11.5 Å². The zero-order valence-electron chi connectivity index (χ0n) is 14.4. The van der Waals surface area contributed by atoms with Crippen LogP contribution < -0.4 is 16.9 Å². The molecular weight excluding hydrogens is 392 g/mol. The molecule has 0 aliphatic heterocycles. The Kier molecular flexibility index (Phi) is 4.47. The summed E-state index contributed by atoms with van der Waals surface area (Å²) in [5.41, 5.74) is 14.1. The zero-order valence-corrected chi connectivity index (χ0v) is 16.0. The van der Waals surface area contributed by atoms with Crippen molar-refractivity contribution in [3.05, 3.63) is 75.4 Å². The Balaban J connectivity index is 2.13. The van der Waals surface area contributed by atoms with E-state index in [2.05, 4.69) is 11.1 Å². The summed E-state index contributed by atoms with van der Waals surface area (Å²) in [5.74, 6) is 0.0799. The lowest BCUT2D eigenvalue weighted by Crippen LogP contribution is -2.12. The van der Waals surface area contributed by atoms with Crippen LogP contribution in [-0.4, -0.2) is 4.98 Å². The van der Waals surface area contributed by atoms with Crippen molar-refractivity contribution in [2.45, 2.75) is 0 Å². The first-order valence-corrected chi connectivity index (χ1v) is 9.48. The van der Waals surface area contributed by atoms with Crippen LogP contribution in [0.3, 0.4) is 0 Å². The van der Waals surface area contributed by atoms with E-state index in [0.717, 1.165) is 5.56 Å². The average molecular weight is 405 g/mol. The highest BCUT2D eigenvalue weighted by atomic mass is 35.5. The molecule has 0 spiro atoms. The number of nitriles is 1. The highest BCUT2D eigenvalue weighted by Crippen LogP contribution is 2.38. The molecule has 4 aromatic rings. The van der Waals surface area contributed by atoms with Crippen LogP contribution in [0.1, 0.15) is 5.56 Å². The normalized spacial score (nSPS) is 10.7. The first kappa shape index (κ1) is 18.0. The summed E-state index contributed by atoms with van der Waals surface area (Å²) in [6.07, 6.45) is 0. The number of hydrogen-bond donors (Lipinski definition) is 2. The van der Waals surface area contributed by atoms with Gasteiger partial charge in [-0.3, -0.25) is 4.79 Å². The van der Waals surface area contributed by atoms with Crippen LogP contribution in [0.2, 0.25) is 5.02 Å². The van der Waals surface area contributed by atoms with E-state index < -0.39 is 0 Å². The van der Waals surface area contributed by atoms with Gasteiger partial charge in [0.25, 0.3) is 0 Å². The summed E-state index contributed by atoms with van der Waals surface area (Å²) in [4.78, 5) is 18.6. The van der Waals surface area contributed by atoms with Crippen LogP contribution in [-0.2, 0) is 0 Å². The zero-order chi connectivity index (χ0) is 19.8. The number of halogens is 1. The molecule has 2 aromatic carbocycles. The van der Waals surface area contributed by atoms with E-state index in [4.69, 9.17) is 23.1 Å². The van der Waals surface area contributed by atoms with Crippen molar-refractivity contribution in [1.29, 1.82) is 5.26 Å². The average Bonchev–Trinajstić information content (AvgIpc) is 2.71. The minimum atomic E-state index is -0.374. The van der Waals surface area contributed by atoms with Gasteiger partial charge in [-0.05, 0) is 23.3 Å². The number of nitrogens with two attached hydrogens (primary N) is 2. The van der Waals surface area contributed by atoms with Crippen molar-refractivity contribution in [2.24, 2.45) is 0 Å². The highest BCUT2D eigenvalue weighted by Gasteiger charge is 2.21. The number of nitrogens with zero attached hydrogens (tertiary/aromatic N) is 2. The van der Waals surface area contributed by atoms with E-state index in [1.807, 2.05) is 30.3 Å². The smallest absolute Gasteiger partial charge is 0.213 e. The molecular formula is C21H13ClN4OS. The monoisotopic (exact) mass is 404 g/mol. The van der Waals surface area contributed by atoms with Crippen molar-refractivity contribution >= 4 is 44.7 Å². The van der Waals surface area contributed by atoms with Gasteiger partial charge in [0.15, 0.2) is 0 Å². The Morgan fingerprint density at radius 2 is 1.68 bits per heavy atom. The van der Waals surface area contributed by atoms with E-state index in [-0.39, 0.29) is 22.5 Å². The molecule has 28 heavy (non-hydrogen) atoms. The molecule has 0 aliphatic carbocycles. The lowest BCUT2D eigenvalue weighted by molar-refractivity contribution is 1.39. The Morgan fingerprint density at radius 1 is 1.00 bits per heavy atom. The first-order valence-electron chi connectivity index (χ1n) is 8.28. The third-order valence-corrected chi connectivity index (χ3v) is 5.79. The molecule has 136 valence electrons. The molecule has 0 amide bonds. The third kappa shape index (κ3) is 2.87.